The second kappa shape index (κ2) is 5.81. The molecule has 5 nitrogen and oxygen atoms in total. The third-order valence-electron chi connectivity index (χ3n) is 3.25. The molecule has 0 radical (unpaired) electrons. The Hall–Kier alpha value is -2.95. The van der Waals surface area contributed by atoms with Crippen molar-refractivity contribution in [1.29, 1.82) is 0 Å². The fourth-order valence-corrected chi connectivity index (χ4v) is 2.31. The molecule has 3 rings (SSSR count). The number of hydrogen-bond donors (Lipinski definition) is 1. The zero-order valence-electron chi connectivity index (χ0n) is 12.4. The average Bonchev–Trinajstić information content (AvgIpc) is 3.00. The first-order valence-corrected chi connectivity index (χ1v) is 6.97. The maximum atomic E-state index is 12.4. The van der Waals surface area contributed by atoms with Crippen molar-refractivity contribution in [2.24, 2.45) is 0 Å². The lowest BCUT2D eigenvalue weighted by molar-refractivity contribution is 0.102. The standard InChI is InChI=1S/C17H16N4O/c1-12-8-13(2)19-16(9-12)20-17(22)14-4-3-5-15(10-14)21-7-6-18-11-21/h3-11H,1-2H3,(H,19,20,22). The van der Waals surface area contributed by atoms with Crippen LogP contribution in [-0.4, -0.2) is 20.4 Å². The molecule has 0 fully saturated rings. The molecule has 0 atom stereocenters. The number of nitrogens with zero attached hydrogens (tertiary/aromatic N) is 3. The zero-order chi connectivity index (χ0) is 15.5. The number of carbonyl (C=O) groups is 1. The van der Waals surface area contributed by atoms with Crippen LogP contribution in [-0.2, 0) is 0 Å². The Bertz CT molecular complexity index is 789. The number of aryl methyl sites for hydroxylation is 2. The van der Waals surface area contributed by atoms with E-state index in [0.717, 1.165) is 16.9 Å². The van der Waals surface area contributed by atoms with E-state index < -0.39 is 0 Å². The monoisotopic (exact) mass is 292 g/mol. The highest BCUT2D eigenvalue weighted by Gasteiger charge is 2.09. The van der Waals surface area contributed by atoms with Crippen LogP contribution in [0.2, 0.25) is 0 Å². The molecule has 2 heterocycles. The van der Waals surface area contributed by atoms with Gasteiger partial charge in [0.15, 0.2) is 0 Å². The van der Waals surface area contributed by atoms with Crippen molar-refractivity contribution >= 4 is 11.7 Å². The van der Waals surface area contributed by atoms with E-state index in [1.54, 1.807) is 18.6 Å². The Morgan fingerprint density at radius 2 is 2.05 bits per heavy atom. The molecule has 1 N–H and O–H groups in total. The van der Waals surface area contributed by atoms with Gasteiger partial charge >= 0.3 is 0 Å². The summed E-state index contributed by atoms with van der Waals surface area (Å²) in [6.45, 7) is 3.88. The topological polar surface area (TPSA) is 59.8 Å². The molecule has 1 aromatic carbocycles. The smallest absolute Gasteiger partial charge is 0.256 e. The molecule has 1 amide bonds. The van der Waals surface area contributed by atoms with E-state index in [9.17, 15) is 4.79 Å². The Kier molecular flexibility index (Phi) is 3.70. The van der Waals surface area contributed by atoms with Gasteiger partial charge in [-0.05, 0) is 49.7 Å². The highest BCUT2D eigenvalue weighted by molar-refractivity contribution is 6.04. The number of nitrogens with one attached hydrogen (secondary N) is 1. The third kappa shape index (κ3) is 3.03. The lowest BCUT2D eigenvalue weighted by atomic mass is 10.2. The minimum Gasteiger partial charge on any atom is -0.307 e. The maximum Gasteiger partial charge on any atom is 0.256 e. The molecule has 0 saturated heterocycles. The van der Waals surface area contributed by atoms with Crippen LogP contribution in [0.5, 0.6) is 0 Å². The number of pyridine rings is 1. The van der Waals surface area contributed by atoms with Crippen molar-refractivity contribution in [3.63, 3.8) is 0 Å². The van der Waals surface area contributed by atoms with Gasteiger partial charge in [0, 0.05) is 29.3 Å². The van der Waals surface area contributed by atoms with Crippen LogP contribution in [0, 0.1) is 13.8 Å². The van der Waals surface area contributed by atoms with Gasteiger partial charge in [0.05, 0.1) is 6.33 Å². The van der Waals surface area contributed by atoms with Crippen molar-refractivity contribution in [2.45, 2.75) is 13.8 Å². The van der Waals surface area contributed by atoms with Gasteiger partial charge in [0.1, 0.15) is 5.82 Å². The summed E-state index contributed by atoms with van der Waals surface area (Å²) >= 11 is 0. The van der Waals surface area contributed by atoms with Gasteiger partial charge in [0.25, 0.3) is 5.91 Å². The molecule has 22 heavy (non-hydrogen) atoms. The summed E-state index contributed by atoms with van der Waals surface area (Å²) in [7, 11) is 0. The average molecular weight is 292 g/mol. The quantitative estimate of drug-likeness (QED) is 0.806. The van der Waals surface area contributed by atoms with E-state index in [4.69, 9.17) is 0 Å². The van der Waals surface area contributed by atoms with Crippen molar-refractivity contribution < 1.29 is 4.79 Å². The number of hydrogen-bond acceptors (Lipinski definition) is 3. The molecule has 0 saturated carbocycles. The van der Waals surface area contributed by atoms with E-state index >= 15 is 0 Å². The predicted octanol–water partition coefficient (Wildman–Crippen LogP) is 3.14. The van der Waals surface area contributed by atoms with Crippen molar-refractivity contribution in [2.75, 3.05) is 5.32 Å². The van der Waals surface area contributed by atoms with Gasteiger partial charge in [0.2, 0.25) is 0 Å². The Morgan fingerprint density at radius 1 is 1.18 bits per heavy atom. The molecule has 2 aromatic heterocycles. The van der Waals surface area contributed by atoms with Crippen LogP contribution in [0.25, 0.3) is 5.69 Å². The first-order valence-electron chi connectivity index (χ1n) is 6.97. The Morgan fingerprint density at radius 3 is 2.77 bits per heavy atom. The summed E-state index contributed by atoms with van der Waals surface area (Å²) in [6.07, 6.45) is 5.23. The van der Waals surface area contributed by atoms with Gasteiger partial charge in [-0.2, -0.15) is 0 Å². The van der Waals surface area contributed by atoms with E-state index in [-0.39, 0.29) is 5.91 Å². The highest BCUT2D eigenvalue weighted by Crippen LogP contribution is 2.14. The largest absolute Gasteiger partial charge is 0.307 e. The third-order valence-corrected chi connectivity index (χ3v) is 3.25. The number of rotatable bonds is 3. The van der Waals surface area contributed by atoms with Crippen molar-refractivity contribution in [1.82, 2.24) is 14.5 Å². The second-order valence-corrected chi connectivity index (χ2v) is 5.15. The molecule has 0 aliphatic rings. The SMILES string of the molecule is Cc1cc(C)nc(NC(=O)c2cccc(-n3ccnc3)c2)c1. The first-order chi connectivity index (χ1) is 10.6. The summed E-state index contributed by atoms with van der Waals surface area (Å²) in [5, 5.41) is 2.84. The van der Waals surface area contributed by atoms with Crippen LogP contribution >= 0.6 is 0 Å². The van der Waals surface area contributed by atoms with Crippen LogP contribution in [0.3, 0.4) is 0 Å². The molecule has 0 unspecified atom stereocenters. The lowest BCUT2D eigenvalue weighted by Gasteiger charge is -2.08. The van der Waals surface area contributed by atoms with E-state index in [1.807, 2.05) is 54.9 Å². The number of carbonyl (C=O) groups excluding carboxylic acids is 1. The molecule has 5 heteroatoms. The number of aromatic nitrogens is 3. The Balaban J connectivity index is 1.85. The predicted molar refractivity (Wildman–Crippen MR) is 85.2 cm³/mol. The van der Waals surface area contributed by atoms with Gasteiger partial charge in [-0.3, -0.25) is 4.79 Å². The van der Waals surface area contributed by atoms with E-state index in [1.165, 1.54) is 0 Å². The molecular formula is C17H16N4O. The number of amides is 1. The molecule has 0 aliphatic heterocycles. The van der Waals surface area contributed by atoms with Gasteiger partial charge in [-0.15, -0.1) is 0 Å². The zero-order valence-corrected chi connectivity index (χ0v) is 12.4. The number of imidazole rings is 1. The Labute approximate surface area is 128 Å². The van der Waals surface area contributed by atoms with E-state index in [2.05, 4.69) is 15.3 Å². The summed E-state index contributed by atoms with van der Waals surface area (Å²) in [6, 6.07) is 11.2. The first kappa shape index (κ1) is 14.0. The van der Waals surface area contributed by atoms with Gasteiger partial charge in [-0.25, -0.2) is 9.97 Å². The van der Waals surface area contributed by atoms with Crippen LogP contribution in [0.1, 0.15) is 21.6 Å². The van der Waals surface area contributed by atoms with Crippen LogP contribution in [0.15, 0.2) is 55.1 Å². The van der Waals surface area contributed by atoms with Crippen LogP contribution in [0.4, 0.5) is 5.82 Å². The van der Waals surface area contributed by atoms with Gasteiger partial charge < -0.3 is 9.88 Å². The second-order valence-electron chi connectivity index (χ2n) is 5.15. The summed E-state index contributed by atoms with van der Waals surface area (Å²) < 4.78 is 1.85. The fraction of sp³-hybridized carbons (Fsp3) is 0.118. The minimum atomic E-state index is -0.181. The molecule has 3 aromatic rings. The lowest BCUT2D eigenvalue weighted by Crippen LogP contribution is -2.13. The summed E-state index contributed by atoms with van der Waals surface area (Å²) in [5.41, 5.74) is 3.41. The van der Waals surface area contributed by atoms with Gasteiger partial charge in [-0.1, -0.05) is 6.07 Å². The summed E-state index contributed by atoms with van der Waals surface area (Å²) in [4.78, 5) is 20.7. The van der Waals surface area contributed by atoms with E-state index in [0.29, 0.717) is 11.4 Å². The summed E-state index contributed by atoms with van der Waals surface area (Å²) in [5.74, 6) is 0.384. The highest BCUT2D eigenvalue weighted by atomic mass is 16.1. The maximum absolute atomic E-state index is 12.4. The van der Waals surface area contributed by atoms with Crippen molar-refractivity contribution in [3.05, 3.63) is 71.9 Å². The number of anilines is 1. The minimum absolute atomic E-state index is 0.181. The number of benzene rings is 1. The molecule has 0 spiro atoms. The normalized spacial score (nSPS) is 10.5. The fourth-order valence-electron chi connectivity index (χ4n) is 2.31. The van der Waals surface area contributed by atoms with Crippen LogP contribution < -0.4 is 5.32 Å². The molecular weight excluding hydrogens is 276 g/mol. The molecule has 0 bridgehead atoms. The molecule has 110 valence electrons. The van der Waals surface area contributed by atoms with Crippen molar-refractivity contribution in [3.8, 4) is 5.69 Å². The molecule has 0 aliphatic carbocycles.